The summed E-state index contributed by atoms with van der Waals surface area (Å²) < 4.78 is 0. The molecule has 2 heteroatoms. The summed E-state index contributed by atoms with van der Waals surface area (Å²) in [5, 5.41) is 5.41. The van der Waals surface area contributed by atoms with Crippen LogP contribution in [0.1, 0.15) is 70.6 Å². The summed E-state index contributed by atoms with van der Waals surface area (Å²) in [4.78, 5) is 0. The molecule has 1 saturated carbocycles. The Labute approximate surface area is 113 Å². The van der Waals surface area contributed by atoms with Crippen molar-refractivity contribution in [1.29, 1.82) is 0 Å². The van der Waals surface area contributed by atoms with Gasteiger partial charge in [0.15, 0.2) is 0 Å². The van der Waals surface area contributed by atoms with Gasteiger partial charge in [-0.2, -0.15) is 0 Å². The second kappa shape index (κ2) is 5.92. The molecule has 3 fully saturated rings. The molecule has 0 spiro atoms. The molecule has 0 N–H and O–H groups in total. The van der Waals surface area contributed by atoms with Gasteiger partial charge in [0.05, 0.1) is 0 Å². The normalized spacial score (nSPS) is 40.2. The molecule has 2 saturated heterocycles. The zero-order chi connectivity index (χ0) is 12.4. The van der Waals surface area contributed by atoms with E-state index in [0.717, 1.165) is 18.0 Å². The number of hydrogen-bond acceptors (Lipinski definition) is 2. The maximum Gasteiger partial charge on any atom is 0.0289 e. The van der Waals surface area contributed by atoms with E-state index in [1.54, 1.807) is 0 Å². The van der Waals surface area contributed by atoms with E-state index in [4.69, 9.17) is 0 Å². The quantitative estimate of drug-likeness (QED) is 0.645. The predicted octanol–water partition coefficient (Wildman–Crippen LogP) is 3.82. The number of fused-ring (bicyclic) bond motifs is 3. The van der Waals surface area contributed by atoms with Crippen molar-refractivity contribution < 1.29 is 0 Å². The Morgan fingerprint density at radius 3 is 2.11 bits per heavy atom. The Hall–Kier alpha value is -0.0800. The van der Waals surface area contributed by atoms with E-state index in [1.807, 2.05) is 0 Å². The summed E-state index contributed by atoms with van der Waals surface area (Å²) in [7, 11) is 2.38. The minimum atomic E-state index is 0.867. The molecule has 0 aromatic heterocycles. The van der Waals surface area contributed by atoms with Crippen molar-refractivity contribution in [3.8, 4) is 0 Å². The van der Waals surface area contributed by atoms with Crippen LogP contribution in [0.3, 0.4) is 0 Å². The molecule has 0 aromatic carbocycles. The number of rotatable bonds is 0. The minimum absolute atomic E-state index is 0.867. The summed E-state index contributed by atoms with van der Waals surface area (Å²) >= 11 is 0. The molecule has 2 nitrogen and oxygen atoms in total. The fourth-order valence-electron chi connectivity index (χ4n) is 4.72. The molecule has 104 valence electrons. The van der Waals surface area contributed by atoms with Gasteiger partial charge in [-0.15, -0.1) is 0 Å². The molecule has 18 heavy (non-hydrogen) atoms. The molecule has 3 atom stereocenters. The first-order valence-corrected chi connectivity index (χ1v) is 8.37. The van der Waals surface area contributed by atoms with Gasteiger partial charge < -0.3 is 0 Å². The van der Waals surface area contributed by atoms with Gasteiger partial charge in [-0.05, 0) is 31.6 Å². The van der Waals surface area contributed by atoms with Crippen LogP contribution in [-0.2, 0) is 0 Å². The summed E-state index contributed by atoms with van der Waals surface area (Å²) in [6.45, 7) is 1.33. The lowest BCUT2D eigenvalue weighted by atomic mass is 9.85. The van der Waals surface area contributed by atoms with Gasteiger partial charge in [0.25, 0.3) is 0 Å². The lowest BCUT2D eigenvalue weighted by Gasteiger charge is -2.30. The van der Waals surface area contributed by atoms with Gasteiger partial charge in [-0.3, -0.25) is 0 Å². The lowest BCUT2D eigenvalue weighted by Crippen LogP contribution is -2.41. The molecule has 3 rings (SSSR count). The third-order valence-electron chi connectivity index (χ3n) is 5.68. The van der Waals surface area contributed by atoms with Crippen LogP contribution in [0, 0.1) is 5.92 Å². The molecule has 1 aliphatic carbocycles. The molecule has 0 radical (unpaired) electrons. The number of nitrogens with zero attached hydrogens (tertiary/aromatic N) is 2. The third kappa shape index (κ3) is 2.46. The highest BCUT2D eigenvalue weighted by atomic mass is 15.7. The van der Waals surface area contributed by atoms with Crippen molar-refractivity contribution in [1.82, 2.24) is 10.0 Å². The van der Waals surface area contributed by atoms with E-state index >= 15 is 0 Å². The monoisotopic (exact) mass is 250 g/mol. The van der Waals surface area contributed by atoms with E-state index in [0.29, 0.717) is 0 Å². The molecule has 0 bridgehead atoms. The van der Waals surface area contributed by atoms with Crippen LogP contribution < -0.4 is 0 Å². The van der Waals surface area contributed by atoms with Crippen LogP contribution in [-0.4, -0.2) is 35.7 Å². The van der Waals surface area contributed by atoms with Crippen LogP contribution in [0.15, 0.2) is 0 Å². The van der Waals surface area contributed by atoms with Crippen LogP contribution in [0.25, 0.3) is 0 Å². The van der Waals surface area contributed by atoms with Crippen molar-refractivity contribution >= 4 is 0 Å². The predicted molar refractivity (Wildman–Crippen MR) is 76.3 cm³/mol. The van der Waals surface area contributed by atoms with Crippen molar-refractivity contribution in [3.05, 3.63) is 0 Å². The maximum atomic E-state index is 2.75. The second-order valence-electron chi connectivity index (χ2n) is 6.73. The minimum Gasteiger partial charge on any atom is -0.241 e. The highest BCUT2D eigenvalue weighted by Crippen LogP contribution is 2.40. The molecule has 0 amide bonds. The van der Waals surface area contributed by atoms with E-state index in [1.165, 1.54) is 77.2 Å². The fraction of sp³-hybridized carbons (Fsp3) is 1.00. The first-order valence-electron chi connectivity index (χ1n) is 8.37. The van der Waals surface area contributed by atoms with Crippen molar-refractivity contribution in [2.24, 2.45) is 5.92 Å². The van der Waals surface area contributed by atoms with Gasteiger partial charge in [0, 0.05) is 25.7 Å². The van der Waals surface area contributed by atoms with Crippen LogP contribution >= 0.6 is 0 Å². The lowest BCUT2D eigenvalue weighted by molar-refractivity contribution is -0.00143. The standard InChI is InChI=1S/C16H30N2/c1-17-15-11-7-4-2-3-6-10-14(15)16-12-8-5-9-13-18(16)17/h14-16H,2-13H2,1H3. The fourth-order valence-corrected chi connectivity index (χ4v) is 4.72. The Balaban J connectivity index is 1.76. The third-order valence-corrected chi connectivity index (χ3v) is 5.68. The Bertz CT molecular complexity index is 266. The molecule has 3 aliphatic rings. The maximum absolute atomic E-state index is 2.75. The second-order valence-corrected chi connectivity index (χ2v) is 6.73. The van der Waals surface area contributed by atoms with Gasteiger partial charge in [0.1, 0.15) is 0 Å². The smallest absolute Gasteiger partial charge is 0.0289 e. The summed E-state index contributed by atoms with van der Waals surface area (Å²) in [5.74, 6) is 0.978. The first-order chi connectivity index (χ1) is 8.88. The topological polar surface area (TPSA) is 6.48 Å². The van der Waals surface area contributed by atoms with E-state index < -0.39 is 0 Å². The largest absolute Gasteiger partial charge is 0.241 e. The average Bonchev–Trinajstić information content (AvgIpc) is 2.50. The average molecular weight is 250 g/mol. The van der Waals surface area contributed by atoms with Crippen molar-refractivity contribution in [3.63, 3.8) is 0 Å². The molecule has 2 heterocycles. The van der Waals surface area contributed by atoms with Crippen LogP contribution in [0.2, 0.25) is 0 Å². The van der Waals surface area contributed by atoms with Gasteiger partial charge in [-0.25, -0.2) is 10.0 Å². The molecule has 0 aromatic rings. The highest BCUT2D eigenvalue weighted by Gasteiger charge is 2.44. The van der Waals surface area contributed by atoms with Crippen LogP contribution in [0.4, 0.5) is 0 Å². The molecule has 2 aliphatic heterocycles. The summed E-state index contributed by atoms with van der Waals surface area (Å²) in [5.41, 5.74) is 0. The summed E-state index contributed by atoms with van der Waals surface area (Å²) in [6, 6.07) is 1.76. The molecule has 3 unspecified atom stereocenters. The van der Waals surface area contributed by atoms with Gasteiger partial charge in [0.2, 0.25) is 0 Å². The molecular weight excluding hydrogens is 220 g/mol. The zero-order valence-electron chi connectivity index (χ0n) is 12.1. The first kappa shape index (κ1) is 12.9. The van der Waals surface area contributed by atoms with Crippen molar-refractivity contribution in [2.45, 2.75) is 82.7 Å². The summed E-state index contributed by atoms with van der Waals surface area (Å²) in [6.07, 6.45) is 16.1. The Morgan fingerprint density at radius 1 is 0.667 bits per heavy atom. The number of hydrogen-bond donors (Lipinski definition) is 0. The Kier molecular flexibility index (Phi) is 4.25. The molecular formula is C16H30N2. The Morgan fingerprint density at radius 2 is 1.28 bits per heavy atom. The van der Waals surface area contributed by atoms with E-state index in [9.17, 15) is 0 Å². The van der Waals surface area contributed by atoms with Crippen molar-refractivity contribution in [2.75, 3.05) is 13.6 Å². The van der Waals surface area contributed by atoms with E-state index in [2.05, 4.69) is 17.1 Å². The van der Waals surface area contributed by atoms with Gasteiger partial charge >= 0.3 is 0 Å². The number of hydrazine groups is 1. The van der Waals surface area contributed by atoms with E-state index in [-0.39, 0.29) is 0 Å². The zero-order valence-corrected chi connectivity index (χ0v) is 12.1. The van der Waals surface area contributed by atoms with Crippen LogP contribution in [0.5, 0.6) is 0 Å². The SMILES string of the molecule is CN1C2CCCCCCCC2C2CCCCCN21. The van der Waals surface area contributed by atoms with Gasteiger partial charge in [-0.1, -0.05) is 44.9 Å². The highest BCUT2D eigenvalue weighted by molar-refractivity contribution is 4.95.